The van der Waals surface area contributed by atoms with Gasteiger partial charge >= 0.3 is 0 Å². The van der Waals surface area contributed by atoms with Gasteiger partial charge in [0, 0.05) is 23.8 Å². The second kappa shape index (κ2) is 9.23. The molecule has 1 rings (SSSR count). The number of amides is 2. The van der Waals surface area contributed by atoms with Crippen LogP contribution in [0.2, 0.25) is 5.02 Å². The molecule has 0 saturated carbocycles. The predicted molar refractivity (Wildman–Crippen MR) is 85.9 cm³/mol. The van der Waals surface area contributed by atoms with Gasteiger partial charge in [0.15, 0.2) is 0 Å². The van der Waals surface area contributed by atoms with Gasteiger partial charge in [-0.1, -0.05) is 24.9 Å². The molecule has 0 radical (unpaired) electrons. The van der Waals surface area contributed by atoms with Crippen molar-refractivity contribution in [1.82, 2.24) is 10.6 Å². The minimum Gasteiger partial charge on any atom is -0.375 e. The topological polar surface area (TPSA) is 70.2 Å². The van der Waals surface area contributed by atoms with Crippen LogP contribution >= 0.6 is 11.6 Å². The Morgan fingerprint density at radius 1 is 1.19 bits per heavy atom. The molecule has 116 valence electrons. The van der Waals surface area contributed by atoms with Crippen LogP contribution in [0.4, 0.5) is 5.69 Å². The van der Waals surface area contributed by atoms with E-state index in [-0.39, 0.29) is 18.4 Å². The Bertz CT molecular complexity index is 492. The van der Waals surface area contributed by atoms with Crippen molar-refractivity contribution in [3.05, 3.63) is 28.8 Å². The van der Waals surface area contributed by atoms with Crippen molar-refractivity contribution in [3.8, 4) is 0 Å². The highest BCUT2D eigenvalue weighted by atomic mass is 35.5. The summed E-state index contributed by atoms with van der Waals surface area (Å²) in [6.45, 7) is 5.22. The molecule has 0 unspecified atom stereocenters. The first-order chi connectivity index (χ1) is 10.1. The molecule has 2 amide bonds. The Morgan fingerprint density at radius 3 is 2.62 bits per heavy atom. The third-order valence-electron chi connectivity index (χ3n) is 2.86. The van der Waals surface area contributed by atoms with Crippen molar-refractivity contribution >= 4 is 29.1 Å². The maximum absolute atomic E-state index is 11.9. The number of carbonyl (C=O) groups is 2. The third kappa shape index (κ3) is 6.04. The highest BCUT2D eigenvalue weighted by molar-refractivity contribution is 6.31. The van der Waals surface area contributed by atoms with E-state index in [1.807, 2.05) is 6.92 Å². The zero-order chi connectivity index (χ0) is 15.7. The summed E-state index contributed by atoms with van der Waals surface area (Å²) >= 11 is 5.94. The second-order valence-corrected chi connectivity index (χ2v) is 5.04. The number of benzene rings is 1. The molecule has 0 heterocycles. The second-order valence-electron chi connectivity index (χ2n) is 4.61. The molecule has 5 nitrogen and oxygen atoms in total. The number of hydrogen-bond acceptors (Lipinski definition) is 3. The van der Waals surface area contributed by atoms with E-state index in [1.165, 1.54) is 0 Å². The molecule has 0 spiro atoms. The van der Waals surface area contributed by atoms with Crippen LogP contribution in [0.3, 0.4) is 0 Å². The average Bonchev–Trinajstić information content (AvgIpc) is 2.45. The van der Waals surface area contributed by atoms with Crippen molar-refractivity contribution in [3.63, 3.8) is 0 Å². The summed E-state index contributed by atoms with van der Waals surface area (Å²) in [6.07, 6.45) is 1.98. The zero-order valence-electron chi connectivity index (χ0n) is 12.5. The molecule has 0 saturated heterocycles. The smallest absolute Gasteiger partial charge is 0.253 e. The maximum atomic E-state index is 11.9. The lowest BCUT2D eigenvalue weighted by Crippen LogP contribution is -2.31. The van der Waals surface area contributed by atoms with Crippen molar-refractivity contribution in [1.29, 1.82) is 0 Å². The molecular formula is C15H22ClN3O2. The fourth-order valence-electron chi connectivity index (χ4n) is 1.76. The molecule has 6 heteroatoms. The standard InChI is InChI=1S/C15H22ClN3O2/c1-3-5-8-18-14(20)10-19-13-9-11(16)6-7-12(13)15(21)17-4-2/h6-7,9,19H,3-5,8,10H2,1-2H3,(H,17,21)(H,18,20). The molecule has 0 bridgehead atoms. The van der Waals surface area contributed by atoms with Gasteiger partial charge in [0.1, 0.15) is 0 Å². The maximum Gasteiger partial charge on any atom is 0.253 e. The highest BCUT2D eigenvalue weighted by Gasteiger charge is 2.12. The summed E-state index contributed by atoms with van der Waals surface area (Å²) in [5.74, 6) is -0.298. The quantitative estimate of drug-likeness (QED) is 0.646. The third-order valence-corrected chi connectivity index (χ3v) is 3.09. The largest absolute Gasteiger partial charge is 0.375 e. The van der Waals surface area contributed by atoms with Gasteiger partial charge in [0.05, 0.1) is 12.1 Å². The van der Waals surface area contributed by atoms with Gasteiger partial charge in [-0.25, -0.2) is 0 Å². The normalized spacial score (nSPS) is 10.0. The van der Waals surface area contributed by atoms with Crippen LogP contribution in [0.25, 0.3) is 0 Å². The average molecular weight is 312 g/mol. The summed E-state index contributed by atoms with van der Waals surface area (Å²) in [7, 11) is 0. The van der Waals surface area contributed by atoms with E-state index >= 15 is 0 Å². The van der Waals surface area contributed by atoms with Crippen LogP contribution in [0, 0.1) is 0 Å². The number of nitrogens with one attached hydrogen (secondary N) is 3. The molecule has 0 aromatic heterocycles. The van der Waals surface area contributed by atoms with Gasteiger partial charge in [0.2, 0.25) is 5.91 Å². The van der Waals surface area contributed by atoms with Crippen LogP contribution in [0.5, 0.6) is 0 Å². The van der Waals surface area contributed by atoms with Gasteiger partial charge in [-0.2, -0.15) is 0 Å². The number of hydrogen-bond donors (Lipinski definition) is 3. The molecule has 0 fully saturated rings. The number of unbranched alkanes of at least 4 members (excludes halogenated alkanes) is 1. The zero-order valence-corrected chi connectivity index (χ0v) is 13.2. The molecule has 21 heavy (non-hydrogen) atoms. The first-order valence-corrected chi connectivity index (χ1v) is 7.54. The van der Waals surface area contributed by atoms with Crippen LogP contribution in [0.15, 0.2) is 18.2 Å². The van der Waals surface area contributed by atoms with Gasteiger partial charge in [-0.3, -0.25) is 9.59 Å². The summed E-state index contributed by atoms with van der Waals surface area (Å²) in [6, 6.07) is 4.94. The van der Waals surface area contributed by atoms with E-state index in [0.29, 0.717) is 29.4 Å². The first-order valence-electron chi connectivity index (χ1n) is 7.16. The molecule has 1 aromatic carbocycles. The summed E-state index contributed by atoms with van der Waals surface area (Å²) in [5.41, 5.74) is 1.03. The first kappa shape index (κ1) is 17.3. The van der Waals surface area contributed by atoms with Gasteiger partial charge in [-0.05, 0) is 31.5 Å². The van der Waals surface area contributed by atoms with E-state index in [9.17, 15) is 9.59 Å². The fourth-order valence-corrected chi connectivity index (χ4v) is 1.93. The SMILES string of the molecule is CCCCNC(=O)CNc1cc(Cl)ccc1C(=O)NCC. The van der Waals surface area contributed by atoms with Crippen LogP contribution in [0.1, 0.15) is 37.0 Å². The summed E-state index contributed by atoms with van der Waals surface area (Å²) in [5, 5.41) is 9.01. The van der Waals surface area contributed by atoms with E-state index < -0.39 is 0 Å². The number of rotatable bonds is 8. The Morgan fingerprint density at radius 2 is 1.95 bits per heavy atom. The van der Waals surface area contributed by atoms with E-state index in [0.717, 1.165) is 12.8 Å². The summed E-state index contributed by atoms with van der Waals surface area (Å²) < 4.78 is 0. The van der Waals surface area contributed by atoms with Crippen LogP contribution < -0.4 is 16.0 Å². The lowest BCUT2D eigenvalue weighted by Gasteiger charge is -2.12. The molecule has 0 atom stereocenters. The summed E-state index contributed by atoms with van der Waals surface area (Å²) in [4.78, 5) is 23.6. The van der Waals surface area contributed by atoms with Crippen molar-refractivity contribution < 1.29 is 9.59 Å². The predicted octanol–water partition coefficient (Wildman–Crippen LogP) is 2.42. The molecule has 1 aromatic rings. The minimum absolute atomic E-state index is 0.106. The lowest BCUT2D eigenvalue weighted by atomic mass is 10.1. The van der Waals surface area contributed by atoms with Crippen LogP contribution in [-0.4, -0.2) is 31.4 Å². The van der Waals surface area contributed by atoms with Crippen molar-refractivity contribution in [2.24, 2.45) is 0 Å². The molecular weight excluding hydrogens is 290 g/mol. The Kier molecular flexibility index (Phi) is 7.61. The lowest BCUT2D eigenvalue weighted by molar-refractivity contribution is -0.119. The van der Waals surface area contributed by atoms with Crippen molar-refractivity contribution in [2.75, 3.05) is 25.0 Å². The fraction of sp³-hybridized carbons (Fsp3) is 0.467. The van der Waals surface area contributed by atoms with E-state index in [4.69, 9.17) is 11.6 Å². The Labute approximate surface area is 130 Å². The number of carbonyl (C=O) groups excluding carboxylic acids is 2. The van der Waals surface area contributed by atoms with Crippen LogP contribution in [-0.2, 0) is 4.79 Å². The minimum atomic E-state index is -0.192. The van der Waals surface area contributed by atoms with Crippen molar-refractivity contribution in [2.45, 2.75) is 26.7 Å². The van der Waals surface area contributed by atoms with E-state index in [1.54, 1.807) is 18.2 Å². The number of halogens is 1. The van der Waals surface area contributed by atoms with Gasteiger partial charge in [0.25, 0.3) is 5.91 Å². The number of anilines is 1. The van der Waals surface area contributed by atoms with Gasteiger partial charge in [-0.15, -0.1) is 0 Å². The molecule has 0 aliphatic rings. The highest BCUT2D eigenvalue weighted by Crippen LogP contribution is 2.20. The molecule has 0 aliphatic carbocycles. The monoisotopic (exact) mass is 311 g/mol. The Hall–Kier alpha value is -1.75. The molecule has 3 N–H and O–H groups in total. The van der Waals surface area contributed by atoms with Gasteiger partial charge < -0.3 is 16.0 Å². The van der Waals surface area contributed by atoms with E-state index in [2.05, 4.69) is 22.9 Å². The Balaban J connectivity index is 2.66. The molecule has 0 aliphatic heterocycles.